The second kappa shape index (κ2) is 5.12. The highest BCUT2D eigenvalue weighted by molar-refractivity contribution is 5.74. The number of ether oxygens (including phenoxy) is 1. The number of hydrogen-bond donors (Lipinski definition) is 1. The Morgan fingerprint density at radius 2 is 2.60 bits per heavy atom. The molecule has 1 N–H and O–H groups in total. The molecule has 15 heavy (non-hydrogen) atoms. The number of carbonyl (C=O) groups excluding carboxylic acids is 1. The first-order chi connectivity index (χ1) is 7.17. The van der Waals surface area contributed by atoms with Crippen LogP contribution in [0.3, 0.4) is 0 Å². The van der Waals surface area contributed by atoms with Gasteiger partial charge in [-0.3, -0.25) is 4.68 Å². The fourth-order valence-corrected chi connectivity index (χ4v) is 1.01. The molecule has 0 aromatic carbocycles. The minimum Gasteiger partial charge on any atom is -0.464 e. The van der Waals surface area contributed by atoms with E-state index in [9.17, 15) is 9.90 Å². The Kier molecular flexibility index (Phi) is 3.83. The second-order valence-electron chi connectivity index (χ2n) is 2.80. The van der Waals surface area contributed by atoms with Crippen molar-refractivity contribution in [1.82, 2.24) is 9.78 Å². The topological polar surface area (TPSA) is 88.1 Å². The fourth-order valence-electron chi connectivity index (χ4n) is 1.01. The van der Waals surface area contributed by atoms with Crippen molar-refractivity contribution in [1.29, 1.82) is 5.26 Å². The van der Waals surface area contributed by atoms with Gasteiger partial charge in [0.2, 0.25) is 0 Å². The number of aliphatic hydroxyl groups excluding tert-OH is 1. The van der Waals surface area contributed by atoms with Gasteiger partial charge in [-0.2, -0.15) is 10.4 Å². The molecule has 6 nitrogen and oxygen atoms in total. The lowest BCUT2D eigenvalue weighted by Crippen LogP contribution is -2.28. The number of hydrogen-bond acceptors (Lipinski definition) is 5. The Morgan fingerprint density at radius 1 is 1.87 bits per heavy atom. The van der Waals surface area contributed by atoms with Gasteiger partial charge < -0.3 is 9.84 Å². The summed E-state index contributed by atoms with van der Waals surface area (Å²) in [5, 5.41) is 21.7. The summed E-state index contributed by atoms with van der Waals surface area (Å²) in [6.07, 6.45) is 0.262. The second-order valence-corrected chi connectivity index (χ2v) is 2.80. The van der Waals surface area contributed by atoms with E-state index in [1.54, 1.807) is 6.92 Å². The molecule has 0 radical (unpaired) electrons. The molecule has 0 unspecified atom stereocenters. The molecule has 0 amide bonds. The fraction of sp³-hybridized carbons (Fsp3) is 0.444. The quantitative estimate of drug-likeness (QED) is 0.686. The number of carbonyl (C=O) groups is 1. The van der Waals surface area contributed by atoms with Crippen molar-refractivity contribution in [2.24, 2.45) is 0 Å². The van der Waals surface area contributed by atoms with E-state index >= 15 is 0 Å². The highest BCUT2D eigenvalue weighted by Gasteiger charge is 2.16. The number of aliphatic hydroxyl groups is 1. The maximum absolute atomic E-state index is 11.0. The zero-order chi connectivity index (χ0) is 11.3. The van der Waals surface area contributed by atoms with E-state index in [-0.39, 0.29) is 18.8 Å². The first-order valence-electron chi connectivity index (χ1n) is 4.45. The summed E-state index contributed by atoms with van der Waals surface area (Å²) in [6.45, 7) is 1.87. The summed E-state index contributed by atoms with van der Waals surface area (Å²) < 4.78 is 5.93. The van der Waals surface area contributed by atoms with Crippen molar-refractivity contribution in [2.45, 2.75) is 19.6 Å². The molecule has 1 atom stereocenters. The summed E-state index contributed by atoms with van der Waals surface area (Å²) >= 11 is 0. The third-order valence-electron chi connectivity index (χ3n) is 1.67. The summed E-state index contributed by atoms with van der Waals surface area (Å²) in [5.41, 5.74) is 0.242. The van der Waals surface area contributed by atoms with Gasteiger partial charge in [0.25, 0.3) is 0 Å². The Balaban J connectivity index is 2.55. The first-order valence-corrected chi connectivity index (χ1v) is 4.45. The maximum atomic E-state index is 11.0. The number of nitriles is 1. The first kappa shape index (κ1) is 11.2. The van der Waals surface area contributed by atoms with Crippen LogP contribution in [0.25, 0.3) is 0 Å². The van der Waals surface area contributed by atoms with Crippen LogP contribution in [0.5, 0.6) is 0 Å². The average molecular weight is 209 g/mol. The number of nitrogens with zero attached hydrogens (tertiary/aromatic N) is 3. The molecule has 1 aromatic heterocycles. The third kappa shape index (κ3) is 3.07. The molecule has 1 heterocycles. The number of rotatable bonds is 4. The van der Waals surface area contributed by atoms with Gasteiger partial charge in [0, 0.05) is 6.20 Å². The van der Waals surface area contributed by atoms with Gasteiger partial charge in [-0.25, -0.2) is 4.79 Å². The molecular weight excluding hydrogens is 198 g/mol. The normalized spacial score (nSPS) is 11.8. The van der Waals surface area contributed by atoms with Crippen molar-refractivity contribution >= 4 is 5.97 Å². The molecular formula is C9H11N3O3. The van der Waals surface area contributed by atoms with Crippen LogP contribution in [0.15, 0.2) is 12.3 Å². The van der Waals surface area contributed by atoms with Crippen LogP contribution in [-0.4, -0.2) is 33.6 Å². The predicted molar refractivity (Wildman–Crippen MR) is 49.6 cm³/mol. The minimum absolute atomic E-state index is 0.0134. The van der Waals surface area contributed by atoms with Crippen LogP contribution in [0.1, 0.15) is 12.6 Å². The maximum Gasteiger partial charge on any atom is 0.336 e. The van der Waals surface area contributed by atoms with Gasteiger partial charge in [0.15, 0.2) is 11.8 Å². The standard InChI is InChI=1S/C9H11N3O3/c1-2-15-9(14)8(13)6-12-4-3-7(5-10)11-12/h3-4,8,13H,2,6H2,1H3/t8-/m1/s1. The van der Waals surface area contributed by atoms with E-state index in [2.05, 4.69) is 9.84 Å². The molecule has 1 rings (SSSR count). The van der Waals surface area contributed by atoms with E-state index < -0.39 is 12.1 Å². The van der Waals surface area contributed by atoms with Crippen LogP contribution in [0.2, 0.25) is 0 Å². The largest absolute Gasteiger partial charge is 0.464 e. The molecule has 0 spiro atoms. The Labute approximate surface area is 86.7 Å². The van der Waals surface area contributed by atoms with Gasteiger partial charge in [-0.1, -0.05) is 0 Å². The highest BCUT2D eigenvalue weighted by atomic mass is 16.5. The smallest absolute Gasteiger partial charge is 0.336 e. The van der Waals surface area contributed by atoms with Crippen LogP contribution in [-0.2, 0) is 16.1 Å². The summed E-state index contributed by atoms with van der Waals surface area (Å²) in [4.78, 5) is 11.0. The molecule has 0 fully saturated rings. The molecule has 0 aliphatic carbocycles. The molecule has 1 aromatic rings. The highest BCUT2D eigenvalue weighted by Crippen LogP contribution is 1.97. The van der Waals surface area contributed by atoms with Crippen molar-refractivity contribution in [3.8, 4) is 6.07 Å². The molecule has 6 heteroatoms. The van der Waals surface area contributed by atoms with Crippen LogP contribution in [0, 0.1) is 11.3 Å². The minimum atomic E-state index is -1.25. The lowest BCUT2D eigenvalue weighted by molar-refractivity contribution is -0.153. The number of esters is 1. The Hall–Kier alpha value is -1.87. The molecule has 0 aliphatic heterocycles. The van der Waals surface area contributed by atoms with E-state index in [1.165, 1.54) is 16.9 Å². The van der Waals surface area contributed by atoms with Gasteiger partial charge in [0.1, 0.15) is 6.07 Å². The zero-order valence-electron chi connectivity index (χ0n) is 8.25. The van der Waals surface area contributed by atoms with Crippen LogP contribution in [0.4, 0.5) is 0 Å². The lowest BCUT2D eigenvalue weighted by atomic mass is 10.3. The van der Waals surface area contributed by atoms with Gasteiger partial charge in [-0.05, 0) is 13.0 Å². The van der Waals surface area contributed by atoms with Crippen molar-refractivity contribution in [3.05, 3.63) is 18.0 Å². The van der Waals surface area contributed by atoms with Crippen molar-refractivity contribution in [2.75, 3.05) is 6.61 Å². The average Bonchev–Trinajstić information content (AvgIpc) is 2.66. The molecule has 0 bridgehead atoms. The summed E-state index contributed by atoms with van der Waals surface area (Å²) in [5.74, 6) is -0.688. The van der Waals surface area contributed by atoms with Crippen molar-refractivity contribution < 1.29 is 14.6 Å². The molecule has 0 saturated carbocycles. The van der Waals surface area contributed by atoms with Gasteiger partial charge >= 0.3 is 5.97 Å². The summed E-state index contributed by atoms with van der Waals surface area (Å²) in [6, 6.07) is 3.34. The molecule has 80 valence electrons. The van der Waals surface area contributed by atoms with Gasteiger partial charge in [0.05, 0.1) is 13.2 Å². The Morgan fingerprint density at radius 3 is 3.13 bits per heavy atom. The van der Waals surface area contributed by atoms with Gasteiger partial charge in [-0.15, -0.1) is 0 Å². The predicted octanol–water partition coefficient (Wildman–Crippen LogP) is -0.321. The van der Waals surface area contributed by atoms with E-state index in [4.69, 9.17) is 5.26 Å². The SMILES string of the molecule is CCOC(=O)[C@H](O)Cn1ccc(C#N)n1. The number of aromatic nitrogens is 2. The van der Waals surface area contributed by atoms with Crippen LogP contribution < -0.4 is 0 Å². The zero-order valence-corrected chi connectivity index (χ0v) is 8.25. The van der Waals surface area contributed by atoms with E-state index in [1.807, 2.05) is 6.07 Å². The van der Waals surface area contributed by atoms with Crippen molar-refractivity contribution in [3.63, 3.8) is 0 Å². The third-order valence-corrected chi connectivity index (χ3v) is 1.67. The summed E-state index contributed by atoms with van der Waals surface area (Å²) in [7, 11) is 0. The monoisotopic (exact) mass is 209 g/mol. The Bertz CT molecular complexity index is 380. The molecule has 0 aliphatic rings. The van der Waals surface area contributed by atoms with Crippen LogP contribution >= 0.6 is 0 Å². The lowest BCUT2D eigenvalue weighted by Gasteiger charge is -2.08. The van der Waals surface area contributed by atoms with E-state index in [0.29, 0.717) is 0 Å². The van der Waals surface area contributed by atoms with E-state index in [0.717, 1.165) is 0 Å². The molecule has 0 saturated heterocycles.